The second-order valence-corrected chi connectivity index (χ2v) is 5.58. The van der Waals surface area contributed by atoms with Crippen molar-refractivity contribution in [3.05, 3.63) is 27.0 Å². The molecule has 0 saturated heterocycles. The predicted octanol–water partition coefficient (Wildman–Crippen LogP) is 2.87. The van der Waals surface area contributed by atoms with Crippen LogP contribution in [0.5, 0.6) is 0 Å². The van der Waals surface area contributed by atoms with Crippen molar-refractivity contribution in [1.29, 1.82) is 0 Å². The molecule has 1 aliphatic carbocycles. The maximum atomic E-state index is 11.9. The second kappa shape index (κ2) is 6.16. The highest BCUT2D eigenvalue weighted by atomic mass is 35.5. The quantitative estimate of drug-likeness (QED) is 0.858. The molecule has 5 nitrogen and oxygen atoms in total. The fourth-order valence-electron chi connectivity index (χ4n) is 1.40. The van der Waals surface area contributed by atoms with Gasteiger partial charge in [0.05, 0.1) is 15.1 Å². The number of carbonyl (C=O) groups is 2. The number of ether oxygens (including phenoxy) is 1. The highest BCUT2D eigenvalue weighted by Gasteiger charge is 2.28. The van der Waals surface area contributed by atoms with Crippen molar-refractivity contribution in [2.75, 3.05) is 0 Å². The molecule has 0 aliphatic heterocycles. The zero-order valence-corrected chi connectivity index (χ0v) is 12.7. The van der Waals surface area contributed by atoms with E-state index in [1.165, 1.54) is 13.1 Å². The van der Waals surface area contributed by atoms with Gasteiger partial charge in [0.15, 0.2) is 11.8 Å². The molecule has 20 heavy (non-hydrogen) atoms. The first-order valence-electron chi connectivity index (χ1n) is 5.91. The minimum atomic E-state index is -0.935. The molecule has 1 atom stereocenters. The molecule has 0 radical (unpaired) electrons. The zero-order chi connectivity index (χ0) is 14.9. The molecular weight excluding hydrogens is 327 g/mol. The lowest BCUT2D eigenvalue weighted by Gasteiger charge is -2.13. The first-order valence-corrected chi connectivity index (χ1v) is 7.04. The number of pyridine rings is 1. The molecule has 1 aromatic rings. The number of nitrogens with zero attached hydrogens (tertiary/aromatic N) is 1. The maximum Gasteiger partial charge on any atom is 0.359 e. The molecule has 0 unspecified atom stereocenters. The Morgan fingerprint density at radius 3 is 2.60 bits per heavy atom. The lowest BCUT2D eigenvalue weighted by Crippen LogP contribution is -2.37. The zero-order valence-electron chi connectivity index (χ0n) is 10.5. The summed E-state index contributed by atoms with van der Waals surface area (Å²) < 4.78 is 5.00. The number of rotatable bonds is 4. The Labute approximate surface area is 130 Å². The third-order valence-electron chi connectivity index (χ3n) is 2.69. The Balaban J connectivity index is 2.04. The van der Waals surface area contributed by atoms with E-state index in [1.807, 2.05) is 0 Å². The van der Waals surface area contributed by atoms with Crippen molar-refractivity contribution in [3.63, 3.8) is 0 Å². The average molecular weight is 338 g/mol. The van der Waals surface area contributed by atoms with Gasteiger partial charge in [0.25, 0.3) is 5.91 Å². The van der Waals surface area contributed by atoms with Crippen LogP contribution in [0, 0.1) is 0 Å². The molecule has 8 heteroatoms. The summed E-state index contributed by atoms with van der Waals surface area (Å²) in [5.41, 5.74) is -0.174. The molecule has 1 N–H and O–H groups in total. The van der Waals surface area contributed by atoms with E-state index in [2.05, 4.69) is 10.3 Å². The summed E-state index contributed by atoms with van der Waals surface area (Å²) in [7, 11) is 0. The van der Waals surface area contributed by atoms with Crippen LogP contribution in [0.25, 0.3) is 0 Å². The van der Waals surface area contributed by atoms with Gasteiger partial charge in [-0.2, -0.15) is 0 Å². The summed E-state index contributed by atoms with van der Waals surface area (Å²) in [4.78, 5) is 27.3. The number of amides is 1. The molecule has 1 fully saturated rings. The van der Waals surface area contributed by atoms with Crippen LogP contribution in [0.4, 0.5) is 0 Å². The highest BCUT2D eigenvalue weighted by molar-refractivity contribution is 6.48. The Kier molecular flexibility index (Phi) is 4.73. The van der Waals surface area contributed by atoms with Crippen molar-refractivity contribution in [1.82, 2.24) is 10.3 Å². The SMILES string of the molecule is C[C@H](OC(=O)c1ncc(Cl)c(Cl)c1Cl)C(=O)NC1CC1. The molecule has 0 aromatic carbocycles. The van der Waals surface area contributed by atoms with Gasteiger partial charge in [-0.05, 0) is 19.8 Å². The number of hydrogen-bond donors (Lipinski definition) is 1. The number of halogens is 3. The van der Waals surface area contributed by atoms with Gasteiger partial charge in [0.1, 0.15) is 0 Å². The monoisotopic (exact) mass is 336 g/mol. The van der Waals surface area contributed by atoms with Crippen LogP contribution in [0.15, 0.2) is 6.20 Å². The molecule has 0 bridgehead atoms. The van der Waals surface area contributed by atoms with Crippen molar-refractivity contribution >= 4 is 46.7 Å². The molecule has 2 rings (SSSR count). The highest BCUT2D eigenvalue weighted by Crippen LogP contribution is 2.31. The van der Waals surface area contributed by atoms with E-state index in [4.69, 9.17) is 39.5 Å². The Bertz CT molecular complexity index is 561. The lowest BCUT2D eigenvalue weighted by atomic mass is 10.3. The Morgan fingerprint density at radius 2 is 2.00 bits per heavy atom. The summed E-state index contributed by atoms with van der Waals surface area (Å²) in [6, 6.07) is 0.190. The standard InChI is InChI=1S/C12H11Cl3N2O3/c1-5(11(18)17-6-2-3-6)20-12(19)10-9(15)8(14)7(13)4-16-10/h4-6H,2-3H2,1H3,(H,17,18)/t5-/m0/s1. The maximum absolute atomic E-state index is 11.9. The first-order chi connectivity index (χ1) is 9.40. The van der Waals surface area contributed by atoms with Gasteiger partial charge in [0.2, 0.25) is 0 Å². The molecular formula is C12H11Cl3N2O3. The van der Waals surface area contributed by atoms with Crippen LogP contribution in [0.3, 0.4) is 0 Å². The van der Waals surface area contributed by atoms with E-state index >= 15 is 0 Å². The molecule has 1 saturated carbocycles. The van der Waals surface area contributed by atoms with E-state index in [-0.39, 0.29) is 32.7 Å². The van der Waals surface area contributed by atoms with E-state index in [9.17, 15) is 9.59 Å². The molecule has 1 aliphatic rings. The van der Waals surface area contributed by atoms with Crippen LogP contribution < -0.4 is 5.32 Å². The van der Waals surface area contributed by atoms with Gasteiger partial charge in [-0.3, -0.25) is 4.79 Å². The second-order valence-electron chi connectivity index (χ2n) is 4.41. The molecule has 108 valence electrons. The number of aromatic nitrogens is 1. The number of carbonyl (C=O) groups excluding carboxylic acids is 2. The number of nitrogens with one attached hydrogen (secondary N) is 1. The summed E-state index contributed by atoms with van der Waals surface area (Å²) in [6.45, 7) is 1.47. The Morgan fingerprint density at radius 1 is 1.35 bits per heavy atom. The van der Waals surface area contributed by atoms with Gasteiger partial charge in [0, 0.05) is 12.2 Å². The minimum Gasteiger partial charge on any atom is -0.448 e. The van der Waals surface area contributed by atoms with Gasteiger partial charge in [-0.1, -0.05) is 34.8 Å². The van der Waals surface area contributed by atoms with E-state index in [0.717, 1.165) is 12.8 Å². The minimum absolute atomic E-state index is 0.0189. The first kappa shape index (κ1) is 15.4. The van der Waals surface area contributed by atoms with Crippen molar-refractivity contribution in [3.8, 4) is 0 Å². The third kappa shape index (κ3) is 3.53. The fraction of sp³-hybridized carbons (Fsp3) is 0.417. The van der Waals surface area contributed by atoms with Crippen molar-refractivity contribution < 1.29 is 14.3 Å². The van der Waals surface area contributed by atoms with Crippen LogP contribution >= 0.6 is 34.8 Å². The fourth-order valence-corrected chi connectivity index (χ4v) is 1.96. The van der Waals surface area contributed by atoms with Crippen LogP contribution in [0.2, 0.25) is 15.1 Å². The number of esters is 1. The average Bonchev–Trinajstić information content (AvgIpc) is 3.19. The van der Waals surface area contributed by atoms with Crippen LogP contribution in [-0.4, -0.2) is 29.0 Å². The molecule has 0 spiro atoms. The Hall–Kier alpha value is -1.04. The van der Waals surface area contributed by atoms with Gasteiger partial charge in [-0.15, -0.1) is 0 Å². The summed E-state index contributed by atoms with van der Waals surface area (Å²) in [6.07, 6.45) is 2.16. The summed E-state index contributed by atoms with van der Waals surface area (Å²) >= 11 is 17.4. The van der Waals surface area contributed by atoms with Gasteiger partial charge < -0.3 is 10.1 Å². The topological polar surface area (TPSA) is 68.3 Å². The van der Waals surface area contributed by atoms with Gasteiger partial charge in [-0.25, -0.2) is 9.78 Å². The number of hydrogen-bond acceptors (Lipinski definition) is 4. The molecule has 1 heterocycles. The third-order valence-corrected chi connectivity index (χ3v) is 3.93. The predicted molar refractivity (Wildman–Crippen MR) is 75.3 cm³/mol. The van der Waals surface area contributed by atoms with Gasteiger partial charge >= 0.3 is 5.97 Å². The normalized spacial score (nSPS) is 15.6. The summed E-state index contributed by atoms with van der Waals surface area (Å²) in [5.74, 6) is -1.18. The molecule has 1 amide bonds. The lowest BCUT2D eigenvalue weighted by molar-refractivity contribution is -0.129. The smallest absolute Gasteiger partial charge is 0.359 e. The van der Waals surface area contributed by atoms with Crippen LogP contribution in [-0.2, 0) is 9.53 Å². The van der Waals surface area contributed by atoms with Crippen molar-refractivity contribution in [2.24, 2.45) is 0 Å². The van der Waals surface area contributed by atoms with Crippen LogP contribution in [0.1, 0.15) is 30.3 Å². The largest absolute Gasteiger partial charge is 0.448 e. The van der Waals surface area contributed by atoms with E-state index < -0.39 is 12.1 Å². The molecule has 1 aromatic heterocycles. The van der Waals surface area contributed by atoms with E-state index in [0.29, 0.717) is 0 Å². The van der Waals surface area contributed by atoms with Crippen molar-refractivity contribution in [2.45, 2.75) is 31.9 Å². The summed E-state index contributed by atoms with van der Waals surface area (Å²) in [5, 5.41) is 2.78. The van der Waals surface area contributed by atoms with E-state index in [1.54, 1.807) is 0 Å².